The van der Waals surface area contributed by atoms with Crippen LogP contribution in [0.3, 0.4) is 0 Å². The van der Waals surface area contributed by atoms with Gasteiger partial charge in [-0.2, -0.15) is 5.26 Å². The summed E-state index contributed by atoms with van der Waals surface area (Å²) in [5, 5.41) is 15.4. The molecule has 1 aromatic heterocycles. The van der Waals surface area contributed by atoms with Gasteiger partial charge >= 0.3 is 0 Å². The largest absolute Gasteiger partial charge is 0.355 e. The molecule has 46 heavy (non-hydrogen) atoms. The smallest absolute Gasteiger partial charge is 0.224 e. The number of carbonyl (C=O) groups is 2. The molecule has 2 amide bonds. The van der Waals surface area contributed by atoms with E-state index in [4.69, 9.17) is 5.26 Å². The van der Waals surface area contributed by atoms with Gasteiger partial charge in [-0.25, -0.2) is 4.98 Å². The van der Waals surface area contributed by atoms with E-state index in [1.54, 1.807) is 6.33 Å². The monoisotopic (exact) mass is 616 g/mol. The van der Waals surface area contributed by atoms with Crippen molar-refractivity contribution in [2.75, 3.05) is 26.2 Å². The van der Waals surface area contributed by atoms with Crippen LogP contribution >= 0.6 is 0 Å². The lowest BCUT2D eigenvalue weighted by Crippen LogP contribution is -2.53. The first kappa shape index (κ1) is 32.6. The molecular formula is C38H44N6O2. The van der Waals surface area contributed by atoms with Gasteiger partial charge in [0.2, 0.25) is 11.8 Å². The molecule has 5 rings (SSSR count). The summed E-state index contributed by atoms with van der Waals surface area (Å²) in [7, 11) is 0. The van der Waals surface area contributed by atoms with Crippen molar-refractivity contribution in [3.8, 4) is 6.07 Å². The maximum atomic E-state index is 13.7. The van der Waals surface area contributed by atoms with Gasteiger partial charge in [-0.05, 0) is 56.0 Å². The van der Waals surface area contributed by atoms with Crippen molar-refractivity contribution in [3.63, 3.8) is 0 Å². The molecule has 1 aliphatic rings. The first-order chi connectivity index (χ1) is 22.2. The van der Waals surface area contributed by atoms with Gasteiger partial charge in [0.15, 0.2) is 0 Å². The highest BCUT2D eigenvalue weighted by Gasteiger charge is 2.37. The van der Waals surface area contributed by atoms with Gasteiger partial charge in [0, 0.05) is 62.5 Å². The van der Waals surface area contributed by atoms with Crippen LogP contribution in [0.1, 0.15) is 61.1 Å². The zero-order valence-electron chi connectivity index (χ0n) is 27.0. The van der Waals surface area contributed by atoms with E-state index in [1.165, 1.54) is 11.1 Å². The van der Waals surface area contributed by atoms with E-state index < -0.39 is 0 Å². The van der Waals surface area contributed by atoms with Gasteiger partial charge in [0.05, 0.1) is 29.8 Å². The number of nitriles is 1. The molecule has 1 saturated heterocycles. The van der Waals surface area contributed by atoms with Crippen LogP contribution in [-0.2, 0) is 22.6 Å². The normalized spacial score (nSPS) is 16.9. The number of hydrogen-bond donors (Lipinski definition) is 2. The van der Waals surface area contributed by atoms with Gasteiger partial charge in [-0.1, -0.05) is 72.8 Å². The maximum Gasteiger partial charge on any atom is 0.224 e. The van der Waals surface area contributed by atoms with Crippen LogP contribution in [0.4, 0.5) is 0 Å². The number of nitrogens with one attached hydrogen (secondary N) is 2. The zero-order chi connectivity index (χ0) is 32.5. The Labute approximate surface area is 272 Å². The molecule has 3 aromatic carbocycles. The van der Waals surface area contributed by atoms with Crippen LogP contribution in [-0.4, -0.2) is 58.0 Å². The fourth-order valence-corrected chi connectivity index (χ4v) is 6.26. The van der Waals surface area contributed by atoms with Crippen molar-refractivity contribution < 1.29 is 9.59 Å². The molecule has 4 aromatic rings. The summed E-state index contributed by atoms with van der Waals surface area (Å²) in [6.45, 7) is 9.00. The topological polar surface area (TPSA) is 103 Å². The minimum Gasteiger partial charge on any atom is -0.355 e. The van der Waals surface area contributed by atoms with Crippen molar-refractivity contribution in [1.82, 2.24) is 25.1 Å². The molecule has 0 radical (unpaired) electrons. The lowest BCUT2D eigenvalue weighted by Gasteiger charge is -2.39. The Morgan fingerprint density at radius 3 is 2.11 bits per heavy atom. The molecule has 1 aliphatic heterocycles. The van der Waals surface area contributed by atoms with Crippen molar-refractivity contribution in [1.29, 1.82) is 5.26 Å². The van der Waals surface area contributed by atoms with Crippen LogP contribution in [0.15, 0.2) is 97.5 Å². The molecule has 1 fully saturated rings. The Bertz CT molecular complexity index is 1580. The van der Waals surface area contributed by atoms with Crippen molar-refractivity contribution in [2.45, 2.75) is 51.6 Å². The first-order valence-electron chi connectivity index (χ1n) is 16.1. The number of piperidine rings is 1. The zero-order valence-corrected chi connectivity index (χ0v) is 27.0. The standard InChI is InChI=1S/C38H44N6O2/c1-38(2,3)42-37(46)33-20-32(24-43(25-33)26-35(30-10-6-4-7-11-30)31-12-8-5-9-13-31)36(45)41-19-18-34-22-40-27-44(34)23-29-16-14-28(21-39)15-17-29/h4-17,22,27,32-33,35H,18-20,23-26H2,1-3H3,(H,41,45)(H,42,46)/t32-,33+/m1/s1. The van der Waals surface area contributed by atoms with Crippen LogP contribution in [0.25, 0.3) is 0 Å². The number of rotatable bonds is 11. The SMILES string of the molecule is CC(C)(C)NC(=O)[C@H]1C[C@@H](C(=O)NCCc2cncn2Cc2ccc(C#N)cc2)CN(CC(c2ccccc2)c2ccccc2)C1. The summed E-state index contributed by atoms with van der Waals surface area (Å²) in [4.78, 5) is 33.8. The molecule has 0 saturated carbocycles. The second-order valence-electron chi connectivity index (χ2n) is 13.3. The number of hydrogen-bond acceptors (Lipinski definition) is 5. The molecule has 8 nitrogen and oxygen atoms in total. The Hall–Kier alpha value is -4.74. The number of carbonyl (C=O) groups excluding carboxylic acids is 2. The number of imidazole rings is 1. The van der Waals surface area contributed by atoms with E-state index in [9.17, 15) is 9.59 Å². The molecule has 0 bridgehead atoms. The predicted octanol–water partition coefficient (Wildman–Crippen LogP) is 5.15. The van der Waals surface area contributed by atoms with Gasteiger partial charge in [-0.3, -0.25) is 9.59 Å². The fourth-order valence-electron chi connectivity index (χ4n) is 6.26. The van der Waals surface area contributed by atoms with Crippen molar-refractivity contribution in [3.05, 3.63) is 125 Å². The van der Waals surface area contributed by atoms with Crippen LogP contribution in [0.5, 0.6) is 0 Å². The summed E-state index contributed by atoms with van der Waals surface area (Å²) in [5.74, 6) is -0.498. The first-order valence-corrected chi connectivity index (χ1v) is 16.1. The highest BCUT2D eigenvalue weighted by molar-refractivity contribution is 5.83. The molecule has 238 valence electrons. The summed E-state index contributed by atoms with van der Waals surface area (Å²) >= 11 is 0. The van der Waals surface area contributed by atoms with E-state index in [1.807, 2.05) is 63.4 Å². The summed E-state index contributed by atoms with van der Waals surface area (Å²) in [5.41, 5.74) is 4.81. The molecule has 0 unspecified atom stereocenters. The van der Waals surface area contributed by atoms with E-state index in [2.05, 4.69) is 79.7 Å². The number of nitrogens with zero attached hydrogens (tertiary/aromatic N) is 4. The van der Waals surface area contributed by atoms with E-state index in [0.717, 1.165) is 11.3 Å². The second-order valence-corrected chi connectivity index (χ2v) is 13.3. The van der Waals surface area contributed by atoms with Gasteiger partial charge < -0.3 is 20.1 Å². The van der Waals surface area contributed by atoms with Crippen molar-refractivity contribution in [2.24, 2.45) is 11.8 Å². The Kier molecular flexibility index (Phi) is 10.7. The van der Waals surface area contributed by atoms with E-state index >= 15 is 0 Å². The summed E-state index contributed by atoms with van der Waals surface area (Å²) in [6, 6.07) is 30.6. The predicted molar refractivity (Wildman–Crippen MR) is 180 cm³/mol. The third-order valence-corrected chi connectivity index (χ3v) is 8.53. The van der Waals surface area contributed by atoms with E-state index in [-0.39, 0.29) is 35.1 Å². The minimum atomic E-state index is -0.353. The quantitative estimate of drug-likeness (QED) is 0.243. The fraction of sp³-hybridized carbons (Fsp3) is 0.368. The number of amides is 2. The average molecular weight is 617 g/mol. The Balaban J connectivity index is 1.26. The highest BCUT2D eigenvalue weighted by atomic mass is 16.2. The lowest BCUT2D eigenvalue weighted by atomic mass is 9.85. The van der Waals surface area contributed by atoms with E-state index in [0.29, 0.717) is 51.1 Å². The lowest BCUT2D eigenvalue weighted by molar-refractivity contribution is -0.132. The van der Waals surface area contributed by atoms with Crippen LogP contribution in [0.2, 0.25) is 0 Å². The van der Waals surface area contributed by atoms with Gasteiger partial charge in [-0.15, -0.1) is 0 Å². The Morgan fingerprint density at radius 1 is 0.913 bits per heavy atom. The van der Waals surface area contributed by atoms with Crippen LogP contribution in [0, 0.1) is 23.2 Å². The molecule has 2 heterocycles. The van der Waals surface area contributed by atoms with Gasteiger partial charge in [0.25, 0.3) is 0 Å². The van der Waals surface area contributed by atoms with Gasteiger partial charge in [0.1, 0.15) is 0 Å². The average Bonchev–Trinajstić information content (AvgIpc) is 3.50. The third-order valence-electron chi connectivity index (χ3n) is 8.53. The molecule has 2 N–H and O–H groups in total. The molecule has 8 heteroatoms. The number of aromatic nitrogens is 2. The minimum absolute atomic E-state index is 0.00215. The molecular weight excluding hydrogens is 572 g/mol. The number of likely N-dealkylation sites (tertiary alicyclic amines) is 1. The molecule has 2 atom stereocenters. The second kappa shape index (κ2) is 15.0. The van der Waals surface area contributed by atoms with Crippen molar-refractivity contribution >= 4 is 11.8 Å². The van der Waals surface area contributed by atoms with Crippen LogP contribution < -0.4 is 10.6 Å². The third kappa shape index (κ3) is 8.92. The number of benzene rings is 3. The summed E-state index contributed by atoms with van der Waals surface area (Å²) < 4.78 is 2.07. The molecule has 0 aliphatic carbocycles. The highest BCUT2D eigenvalue weighted by Crippen LogP contribution is 2.30. The summed E-state index contributed by atoms with van der Waals surface area (Å²) in [6.07, 6.45) is 4.78. The Morgan fingerprint density at radius 2 is 1.52 bits per heavy atom. The molecule has 0 spiro atoms. The maximum absolute atomic E-state index is 13.7.